The summed E-state index contributed by atoms with van der Waals surface area (Å²) in [7, 11) is 0. The highest BCUT2D eigenvalue weighted by Crippen LogP contribution is 2.25. The van der Waals surface area contributed by atoms with Crippen molar-refractivity contribution < 1.29 is 17.6 Å². The van der Waals surface area contributed by atoms with Gasteiger partial charge in [-0.25, -0.2) is 17.6 Å². The summed E-state index contributed by atoms with van der Waals surface area (Å²) in [6.45, 7) is 2.16. The number of hydrogen-bond acceptors (Lipinski definition) is 0. The highest BCUT2D eigenvalue weighted by molar-refractivity contribution is 5.84. The second-order valence-corrected chi connectivity index (χ2v) is 9.92. The molecule has 4 heteroatoms. The molecule has 194 valence electrons. The summed E-state index contributed by atoms with van der Waals surface area (Å²) in [6.07, 6.45) is 8.10. The van der Waals surface area contributed by atoms with Gasteiger partial charge in [-0.05, 0) is 90.4 Å². The summed E-state index contributed by atoms with van der Waals surface area (Å²) in [4.78, 5) is 0. The SMILES string of the molecule is CCCCCCCc1cc(F)c(CCc2ccc3c(F)c(CCc4ccc(F)cc4)ccc3c2)c(F)c1. The van der Waals surface area contributed by atoms with Gasteiger partial charge in [-0.1, -0.05) is 75.1 Å². The lowest BCUT2D eigenvalue weighted by molar-refractivity contribution is 0.549. The first kappa shape index (κ1) is 26.9. The first-order valence-electron chi connectivity index (χ1n) is 13.4. The molecule has 0 saturated carbocycles. The van der Waals surface area contributed by atoms with Crippen LogP contribution in [0.5, 0.6) is 0 Å². The largest absolute Gasteiger partial charge is 0.207 e. The minimum atomic E-state index is -0.485. The van der Waals surface area contributed by atoms with Gasteiger partial charge in [-0.15, -0.1) is 0 Å². The molecule has 4 aromatic carbocycles. The third-order valence-electron chi connectivity index (χ3n) is 7.13. The molecule has 0 unspecified atom stereocenters. The summed E-state index contributed by atoms with van der Waals surface area (Å²) in [5.41, 5.74) is 3.29. The molecule has 0 radical (unpaired) electrons. The lowest BCUT2D eigenvalue weighted by Gasteiger charge is -2.11. The Morgan fingerprint density at radius 1 is 0.541 bits per heavy atom. The number of halogens is 4. The van der Waals surface area contributed by atoms with Gasteiger partial charge in [0.1, 0.15) is 23.3 Å². The maximum absolute atomic E-state index is 15.2. The molecule has 0 nitrogen and oxygen atoms in total. The fraction of sp³-hybridized carbons (Fsp3) is 0.333. The molecule has 4 aromatic rings. The summed E-state index contributed by atoms with van der Waals surface area (Å²) in [6, 6.07) is 18.3. The molecule has 0 fully saturated rings. The molecule has 0 N–H and O–H groups in total. The van der Waals surface area contributed by atoms with E-state index in [9.17, 15) is 13.2 Å². The van der Waals surface area contributed by atoms with Crippen LogP contribution in [-0.2, 0) is 32.1 Å². The van der Waals surface area contributed by atoms with Gasteiger partial charge in [-0.2, -0.15) is 0 Å². The van der Waals surface area contributed by atoms with Crippen LogP contribution in [0.15, 0.2) is 66.7 Å². The van der Waals surface area contributed by atoms with Crippen molar-refractivity contribution in [1.29, 1.82) is 0 Å². The lowest BCUT2D eigenvalue weighted by atomic mass is 9.96. The molecule has 4 rings (SSSR count). The first-order chi connectivity index (χ1) is 17.9. The predicted octanol–water partition coefficient (Wildman–Crippen LogP) is 9.48. The van der Waals surface area contributed by atoms with Crippen molar-refractivity contribution in [1.82, 2.24) is 0 Å². The van der Waals surface area contributed by atoms with Crippen molar-refractivity contribution >= 4 is 10.8 Å². The van der Waals surface area contributed by atoms with Crippen molar-refractivity contribution in [3.63, 3.8) is 0 Å². The molecule has 0 spiro atoms. The number of hydrogen-bond donors (Lipinski definition) is 0. The van der Waals surface area contributed by atoms with Gasteiger partial charge in [0.15, 0.2) is 0 Å². The summed E-state index contributed by atoms with van der Waals surface area (Å²) in [5.74, 6) is -1.51. The van der Waals surface area contributed by atoms with Crippen LogP contribution in [0.3, 0.4) is 0 Å². The highest BCUT2D eigenvalue weighted by Gasteiger charge is 2.13. The highest BCUT2D eigenvalue weighted by atomic mass is 19.1. The van der Waals surface area contributed by atoms with E-state index in [0.29, 0.717) is 42.2 Å². The van der Waals surface area contributed by atoms with Gasteiger partial charge in [-0.3, -0.25) is 0 Å². The summed E-state index contributed by atoms with van der Waals surface area (Å²) < 4.78 is 57.7. The van der Waals surface area contributed by atoms with Crippen molar-refractivity contribution in [2.24, 2.45) is 0 Å². The Balaban J connectivity index is 1.38. The molecule has 0 heterocycles. The Morgan fingerprint density at radius 2 is 1.22 bits per heavy atom. The Kier molecular flexibility index (Phi) is 9.38. The van der Waals surface area contributed by atoms with E-state index in [0.717, 1.165) is 35.8 Å². The second kappa shape index (κ2) is 12.9. The summed E-state index contributed by atoms with van der Waals surface area (Å²) in [5, 5.41) is 1.29. The minimum absolute atomic E-state index is 0.108. The molecule has 0 amide bonds. The number of unbranched alkanes of at least 4 members (excludes halogenated alkanes) is 4. The Hall–Kier alpha value is -3.14. The first-order valence-corrected chi connectivity index (χ1v) is 13.4. The van der Waals surface area contributed by atoms with Gasteiger partial charge in [0.25, 0.3) is 0 Å². The molecule has 0 atom stereocenters. The summed E-state index contributed by atoms with van der Waals surface area (Å²) >= 11 is 0. The van der Waals surface area contributed by atoms with Crippen LogP contribution in [0.2, 0.25) is 0 Å². The van der Waals surface area contributed by atoms with E-state index in [-0.39, 0.29) is 23.6 Å². The van der Waals surface area contributed by atoms with Crippen LogP contribution in [0.25, 0.3) is 10.8 Å². The Labute approximate surface area is 217 Å². The number of rotatable bonds is 12. The zero-order valence-electron chi connectivity index (χ0n) is 21.4. The maximum Gasteiger partial charge on any atom is 0.134 e. The van der Waals surface area contributed by atoms with E-state index in [4.69, 9.17) is 0 Å². The monoisotopic (exact) mass is 506 g/mol. The standard InChI is InChI=1S/C33H34F4/c1-2-3-4-5-6-7-25-21-31(35)30(32(36)22-25)19-12-24-11-18-29-27(20-24)15-14-26(33(29)37)13-8-23-9-16-28(34)17-10-23/h9-11,14-18,20-22H,2-8,12-13,19H2,1H3. The zero-order chi connectivity index (χ0) is 26.2. The average molecular weight is 507 g/mol. The third kappa shape index (κ3) is 7.21. The van der Waals surface area contributed by atoms with Crippen LogP contribution >= 0.6 is 0 Å². The average Bonchev–Trinajstić information content (AvgIpc) is 2.88. The van der Waals surface area contributed by atoms with E-state index < -0.39 is 11.6 Å². The van der Waals surface area contributed by atoms with Gasteiger partial charge in [0.2, 0.25) is 0 Å². The second-order valence-electron chi connectivity index (χ2n) is 9.92. The minimum Gasteiger partial charge on any atom is -0.207 e. The van der Waals surface area contributed by atoms with Gasteiger partial charge >= 0.3 is 0 Å². The molecule has 37 heavy (non-hydrogen) atoms. The van der Waals surface area contributed by atoms with E-state index in [1.807, 2.05) is 18.2 Å². The van der Waals surface area contributed by atoms with E-state index in [2.05, 4.69) is 6.92 Å². The number of aryl methyl sites for hydroxylation is 4. The molecule has 0 bridgehead atoms. The quantitative estimate of drug-likeness (QED) is 0.133. The Bertz CT molecular complexity index is 1300. The van der Waals surface area contributed by atoms with Gasteiger partial charge in [0.05, 0.1) is 0 Å². The van der Waals surface area contributed by atoms with Crippen LogP contribution in [-0.4, -0.2) is 0 Å². The van der Waals surface area contributed by atoms with Crippen LogP contribution in [0.4, 0.5) is 17.6 Å². The molecular formula is C33H34F4. The fourth-order valence-electron chi connectivity index (χ4n) is 4.91. The van der Waals surface area contributed by atoms with E-state index >= 15 is 4.39 Å². The lowest BCUT2D eigenvalue weighted by Crippen LogP contribution is -2.02. The number of benzene rings is 4. The molecule has 0 aromatic heterocycles. The van der Waals surface area contributed by atoms with Crippen molar-refractivity contribution in [2.75, 3.05) is 0 Å². The fourth-order valence-corrected chi connectivity index (χ4v) is 4.91. The predicted molar refractivity (Wildman–Crippen MR) is 144 cm³/mol. The normalized spacial score (nSPS) is 11.4. The molecule has 0 aliphatic heterocycles. The van der Waals surface area contributed by atoms with Crippen molar-refractivity contribution in [3.8, 4) is 0 Å². The maximum atomic E-state index is 15.2. The smallest absolute Gasteiger partial charge is 0.134 e. The molecule has 0 aliphatic rings. The van der Waals surface area contributed by atoms with Crippen LogP contribution in [0.1, 0.15) is 66.8 Å². The zero-order valence-corrected chi connectivity index (χ0v) is 21.4. The van der Waals surface area contributed by atoms with Gasteiger partial charge in [0, 0.05) is 10.9 Å². The third-order valence-corrected chi connectivity index (χ3v) is 7.13. The van der Waals surface area contributed by atoms with E-state index in [1.165, 1.54) is 37.1 Å². The van der Waals surface area contributed by atoms with Gasteiger partial charge < -0.3 is 0 Å². The molecule has 0 saturated heterocycles. The van der Waals surface area contributed by atoms with Crippen molar-refractivity contribution in [3.05, 3.63) is 118 Å². The Morgan fingerprint density at radius 3 is 1.95 bits per heavy atom. The number of fused-ring (bicyclic) bond motifs is 1. The van der Waals surface area contributed by atoms with Crippen LogP contribution in [0, 0.1) is 23.3 Å². The molecular weight excluding hydrogens is 472 g/mol. The van der Waals surface area contributed by atoms with Crippen molar-refractivity contribution in [2.45, 2.75) is 71.1 Å². The van der Waals surface area contributed by atoms with E-state index in [1.54, 1.807) is 24.3 Å². The van der Waals surface area contributed by atoms with Crippen LogP contribution < -0.4 is 0 Å². The molecule has 0 aliphatic carbocycles. The topological polar surface area (TPSA) is 0 Å².